The van der Waals surface area contributed by atoms with Crippen molar-refractivity contribution in [3.05, 3.63) is 96.1 Å². The summed E-state index contributed by atoms with van der Waals surface area (Å²) in [4.78, 5) is 17.7. The van der Waals surface area contributed by atoms with E-state index in [0.717, 1.165) is 25.2 Å². The maximum Gasteiger partial charge on any atom is 0.262 e. The third kappa shape index (κ3) is 5.85. The average Bonchev–Trinajstić information content (AvgIpc) is 3.37. The number of amides is 1. The number of likely N-dealkylation sites (N-methyl/N-ethyl adjacent to an activating group) is 1. The van der Waals surface area contributed by atoms with Gasteiger partial charge >= 0.3 is 0 Å². The minimum atomic E-state index is -3.84. The molecule has 1 saturated heterocycles. The number of hydrogen-bond donors (Lipinski definition) is 1. The van der Waals surface area contributed by atoms with Gasteiger partial charge in [-0.25, -0.2) is 8.42 Å². The number of rotatable bonds is 9. The van der Waals surface area contributed by atoms with Crippen molar-refractivity contribution < 1.29 is 13.2 Å². The molecule has 4 rings (SSSR count). The molecule has 1 amide bonds. The first-order valence-corrected chi connectivity index (χ1v) is 13.1. The highest BCUT2D eigenvalue weighted by Gasteiger charge is 2.27. The zero-order valence-corrected chi connectivity index (χ0v) is 20.2. The van der Waals surface area contributed by atoms with Gasteiger partial charge in [0.05, 0.1) is 17.4 Å². The summed E-state index contributed by atoms with van der Waals surface area (Å²) in [5.74, 6) is -0.115. The number of likely N-dealkylation sites (tertiary alicyclic amines) is 1. The highest BCUT2D eigenvalue weighted by atomic mass is 32.2. The van der Waals surface area contributed by atoms with Gasteiger partial charge in [-0.15, -0.1) is 0 Å². The van der Waals surface area contributed by atoms with Crippen LogP contribution in [-0.2, 0) is 21.2 Å². The molecule has 34 heavy (non-hydrogen) atoms. The topological polar surface area (TPSA) is 69.7 Å². The van der Waals surface area contributed by atoms with Crippen molar-refractivity contribution in [3.8, 4) is 0 Å². The fourth-order valence-electron chi connectivity index (χ4n) is 4.43. The summed E-state index contributed by atoms with van der Waals surface area (Å²) in [5, 5.41) is 0. The van der Waals surface area contributed by atoms with Gasteiger partial charge in [0.25, 0.3) is 10.0 Å². The Labute approximate surface area is 202 Å². The zero-order valence-electron chi connectivity index (χ0n) is 19.4. The quantitative estimate of drug-likeness (QED) is 0.498. The van der Waals surface area contributed by atoms with Crippen LogP contribution in [0.4, 0.5) is 5.69 Å². The van der Waals surface area contributed by atoms with Crippen molar-refractivity contribution in [2.45, 2.75) is 30.2 Å². The van der Waals surface area contributed by atoms with Crippen LogP contribution in [0.3, 0.4) is 0 Å². The molecule has 1 aliphatic rings. The van der Waals surface area contributed by atoms with Crippen LogP contribution < -0.4 is 4.72 Å². The van der Waals surface area contributed by atoms with E-state index in [-0.39, 0.29) is 23.3 Å². The molecule has 6 nitrogen and oxygen atoms in total. The molecule has 3 aromatic rings. The van der Waals surface area contributed by atoms with Crippen molar-refractivity contribution in [1.29, 1.82) is 0 Å². The number of carbonyl (C=O) groups excluding carboxylic acids is 1. The fourth-order valence-corrected chi connectivity index (χ4v) is 5.73. The Kier molecular flexibility index (Phi) is 7.65. The summed E-state index contributed by atoms with van der Waals surface area (Å²) in [5.41, 5.74) is 2.04. The summed E-state index contributed by atoms with van der Waals surface area (Å²) in [6.07, 6.45) is 2.36. The van der Waals surface area contributed by atoms with Gasteiger partial charge < -0.3 is 9.80 Å². The molecular weight excluding hydrogens is 446 g/mol. The number of para-hydroxylation sites is 1. The molecule has 1 heterocycles. The highest BCUT2D eigenvalue weighted by molar-refractivity contribution is 7.92. The minimum absolute atomic E-state index is 0.00566. The second-order valence-corrected chi connectivity index (χ2v) is 10.3. The van der Waals surface area contributed by atoms with E-state index in [2.05, 4.69) is 9.62 Å². The van der Waals surface area contributed by atoms with Gasteiger partial charge in [-0.1, -0.05) is 66.7 Å². The van der Waals surface area contributed by atoms with Crippen molar-refractivity contribution in [2.75, 3.05) is 31.4 Å². The van der Waals surface area contributed by atoms with E-state index in [4.69, 9.17) is 0 Å². The molecule has 0 radical (unpaired) electrons. The Morgan fingerprint density at radius 2 is 1.50 bits per heavy atom. The second-order valence-electron chi connectivity index (χ2n) is 8.69. The van der Waals surface area contributed by atoms with Gasteiger partial charge in [-0.2, -0.15) is 0 Å². The Morgan fingerprint density at radius 3 is 2.18 bits per heavy atom. The van der Waals surface area contributed by atoms with Crippen molar-refractivity contribution in [3.63, 3.8) is 0 Å². The van der Waals surface area contributed by atoms with Crippen molar-refractivity contribution in [1.82, 2.24) is 9.80 Å². The largest absolute Gasteiger partial charge is 0.337 e. The maximum absolute atomic E-state index is 13.4. The smallest absolute Gasteiger partial charge is 0.262 e. The van der Waals surface area contributed by atoms with Crippen LogP contribution in [0, 0.1) is 0 Å². The third-order valence-corrected chi connectivity index (χ3v) is 7.79. The highest BCUT2D eigenvalue weighted by Crippen LogP contribution is 2.25. The molecule has 1 N–H and O–H groups in total. The molecular formula is C27H31N3O3S. The third-order valence-electron chi connectivity index (χ3n) is 6.30. The first-order valence-electron chi connectivity index (χ1n) is 11.6. The number of benzene rings is 3. The molecule has 1 atom stereocenters. The standard InChI is InChI=1S/C27H31N3O3S/c1-29(25(21-30-18-10-11-19-30)22-12-4-2-5-13-22)27(31)20-23-14-8-9-17-26(23)34(32,33)28-24-15-6-3-7-16-24/h2-9,12-17,25,28H,10-11,18-21H2,1H3/t25-/m1/s1. The Bertz CT molecular complexity index is 1190. The van der Waals surface area contributed by atoms with Gasteiger partial charge in [0, 0.05) is 19.3 Å². The number of anilines is 1. The average molecular weight is 478 g/mol. The fraction of sp³-hybridized carbons (Fsp3) is 0.296. The zero-order chi connectivity index (χ0) is 24.0. The molecule has 1 fully saturated rings. The van der Waals surface area contributed by atoms with Crippen LogP contribution >= 0.6 is 0 Å². The number of carbonyl (C=O) groups is 1. The van der Waals surface area contributed by atoms with Gasteiger partial charge in [0.2, 0.25) is 5.91 Å². The summed E-state index contributed by atoms with van der Waals surface area (Å²) in [7, 11) is -2.02. The Hall–Kier alpha value is -3.16. The van der Waals surface area contributed by atoms with Crippen LogP contribution in [-0.4, -0.2) is 50.8 Å². The molecule has 178 valence electrons. The lowest BCUT2D eigenvalue weighted by Crippen LogP contribution is -2.39. The van der Waals surface area contributed by atoms with E-state index in [9.17, 15) is 13.2 Å². The van der Waals surface area contributed by atoms with Crippen LogP contribution in [0.2, 0.25) is 0 Å². The lowest BCUT2D eigenvalue weighted by atomic mass is 10.0. The molecule has 3 aromatic carbocycles. The first kappa shape index (κ1) is 24.0. The lowest BCUT2D eigenvalue weighted by Gasteiger charge is -2.32. The molecule has 1 aliphatic heterocycles. The van der Waals surface area contributed by atoms with Crippen molar-refractivity contribution >= 4 is 21.6 Å². The van der Waals surface area contributed by atoms with E-state index >= 15 is 0 Å². The molecule has 0 aliphatic carbocycles. The summed E-state index contributed by atoms with van der Waals surface area (Å²) >= 11 is 0. The van der Waals surface area contributed by atoms with Crippen molar-refractivity contribution in [2.24, 2.45) is 0 Å². The predicted molar refractivity (Wildman–Crippen MR) is 135 cm³/mol. The minimum Gasteiger partial charge on any atom is -0.337 e. The normalized spacial score (nSPS) is 15.1. The summed E-state index contributed by atoms with van der Waals surface area (Å²) in [6, 6.07) is 25.4. The number of hydrogen-bond acceptors (Lipinski definition) is 4. The number of nitrogens with zero attached hydrogens (tertiary/aromatic N) is 2. The van der Waals surface area contributed by atoms with Crippen LogP contribution in [0.25, 0.3) is 0 Å². The molecule has 0 spiro atoms. The molecule has 0 aromatic heterocycles. The Morgan fingerprint density at radius 1 is 0.912 bits per heavy atom. The molecule has 0 bridgehead atoms. The van der Waals surface area contributed by atoms with Gasteiger partial charge in [-0.05, 0) is 55.3 Å². The van der Waals surface area contributed by atoms with E-state index in [1.807, 2.05) is 43.4 Å². The molecule has 0 saturated carbocycles. The SMILES string of the molecule is CN(C(=O)Cc1ccccc1S(=O)(=O)Nc1ccccc1)[C@H](CN1CCCC1)c1ccccc1. The van der Waals surface area contributed by atoms with E-state index < -0.39 is 10.0 Å². The van der Waals surface area contributed by atoms with E-state index in [1.165, 1.54) is 12.8 Å². The summed E-state index contributed by atoms with van der Waals surface area (Å²) < 4.78 is 28.8. The Balaban J connectivity index is 1.55. The van der Waals surface area contributed by atoms with Crippen LogP contribution in [0.5, 0.6) is 0 Å². The van der Waals surface area contributed by atoms with Gasteiger partial charge in [0.1, 0.15) is 0 Å². The van der Waals surface area contributed by atoms with Gasteiger partial charge in [-0.3, -0.25) is 9.52 Å². The van der Waals surface area contributed by atoms with E-state index in [1.54, 1.807) is 53.4 Å². The van der Waals surface area contributed by atoms with Crippen LogP contribution in [0.1, 0.15) is 30.0 Å². The first-order chi connectivity index (χ1) is 16.4. The lowest BCUT2D eigenvalue weighted by molar-refractivity contribution is -0.131. The predicted octanol–water partition coefficient (Wildman–Crippen LogP) is 4.33. The summed E-state index contributed by atoms with van der Waals surface area (Å²) in [6.45, 7) is 2.84. The second kappa shape index (κ2) is 10.8. The molecule has 7 heteroatoms. The van der Waals surface area contributed by atoms with E-state index in [0.29, 0.717) is 11.3 Å². The monoisotopic (exact) mass is 477 g/mol. The van der Waals surface area contributed by atoms with Crippen LogP contribution in [0.15, 0.2) is 89.8 Å². The number of sulfonamides is 1. The molecule has 0 unspecified atom stereocenters. The maximum atomic E-state index is 13.4. The van der Waals surface area contributed by atoms with Gasteiger partial charge in [0.15, 0.2) is 0 Å². The number of nitrogens with one attached hydrogen (secondary N) is 1.